The molecule has 2 atom stereocenters. The van der Waals surface area contributed by atoms with Gasteiger partial charge in [-0.2, -0.15) is 0 Å². The highest BCUT2D eigenvalue weighted by Crippen LogP contribution is 2.37. The Morgan fingerprint density at radius 2 is 1.96 bits per heavy atom. The van der Waals surface area contributed by atoms with Crippen LogP contribution in [0.5, 0.6) is 0 Å². The average Bonchev–Trinajstić information content (AvgIpc) is 3.12. The lowest BCUT2D eigenvalue weighted by Crippen LogP contribution is -2.54. The average molecular weight is 360 g/mol. The normalized spacial score (nSPS) is 25.3. The summed E-state index contributed by atoms with van der Waals surface area (Å²) in [6, 6.07) is 7.36. The highest BCUT2D eigenvalue weighted by atomic mass is 16.5. The first-order chi connectivity index (χ1) is 12.5. The SMILES string of the molecule is Cc1ccc(C2C(C(=O)NCC3(CO)CCCC3)OCC(=O)N2C)cc1. The minimum atomic E-state index is -0.752. The summed E-state index contributed by atoms with van der Waals surface area (Å²) in [6.07, 6.45) is 3.26. The number of ether oxygens (including phenoxy) is 1. The Morgan fingerprint density at radius 1 is 1.31 bits per heavy atom. The number of morpholine rings is 1. The van der Waals surface area contributed by atoms with Gasteiger partial charge in [-0.25, -0.2) is 0 Å². The molecule has 1 aliphatic heterocycles. The second-order valence-corrected chi connectivity index (χ2v) is 7.67. The number of carbonyl (C=O) groups is 2. The predicted octanol–water partition coefficient (Wildman–Crippen LogP) is 1.56. The van der Waals surface area contributed by atoms with E-state index in [1.165, 1.54) is 0 Å². The van der Waals surface area contributed by atoms with Crippen LogP contribution in [-0.4, -0.2) is 54.7 Å². The molecule has 26 heavy (non-hydrogen) atoms. The number of aliphatic hydroxyl groups is 1. The monoisotopic (exact) mass is 360 g/mol. The molecule has 2 unspecified atom stereocenters. The number of aryl methyl sites for hydroxylation is 1. The summed E-state index contributed by atoms with van der Waals surface area (Å²) in [4.78, 5) is 26.6. The second-order valence-electron chi connectivity index (χ2n) is 7.67. The van der Waals surface area contributed by atoms with Gasteiger partial charge in [-0.3, -0.25) is 9.59 Å². The Kier molecular flexibility index (Phi) is 5.63. The van der Waals surface area contributed by atoms with Crippen LogP contribution in [0.3, 0.4) is 0 Å². The lowest BCUT2D eigenvalue weighted by atomic mass is 9.87. The van der Waals surface area contributed by atoms with E-state index in [1.54, 1.807) is 11.9 Å². The minimum absolute atomic E-state index is 0.0819. The van der Waals surface area contributed by atoms with Gasteiger partial charge in [0.1, 0.15) is 6.61 Å². The third-order valence-electron chi connectivity index (χ3n) is 5.80. The van der Waals surface area contributed by atoms with Crippen molar-refractivity contribution in [3.8, 4) is 0 Å². The number of aliphatic hydroxyl groups excluding tert-OH is 1. The maximum Gasteiger partial charge on any atom is 0.251 e. The van der Waals surface area contributed by atoms with Crippen LogP contribution in [0.15, 0.2) is 24.3 Å². The zero-order valence-electron chi connectivity index (χ0n) is 15.5. The first-order valence-corrected chi connectivity index (χ1v) is 9.28. The summed E-state index contributed by atoms with van der Waals surface area (Å²) < 4.78 is 5.64. The number of hydrogen-bond donors (Lipinski definition) is 2. The maximum absolute atomic E-state index is 12.9. The number of nitrogens with zero attached hydrogens (tertiary/aromatic N) is 1. The van der Waals surface area contributed by atoms with Crippen LogP contribution < -0.4 is 5.32 Å². The molecular weight excluding hydrogens is 332 g/mol. The Hall–Kier alpha value is -1.92. The predicted molar refractivity (Wildman–Crippen MR) is 97.4 cm³/mol. The lowest BCUT2D eigenvalue weighted by Gasteiger charge is -2.39. The molecule has 2 N–H and O–H groups in total. The van der Waals surface area contributed by atoms with E-state index in [0.717, 1.165) is 36.8 Å². The molecule has 0 aromatic heterocycles. The summed E-state index contributed by atoms with van der Waals surface area (Å²) in [6.45, 7) is 2.43. The number of carbonyl (C=O) groups excluding carboxylic acids is 2. The summed E-state index contributed by atoms with van der Waals surface area (Å²) >= 11 is 0. The van der Waals surface area contributed by atoms with Gasteiger partial charge < -0.3 is 20.1 Å². The zero-order chi connectivity index (χ0) is 18.7. The molecule has 6 nitrogen and oxygen atoms in total. The van der Waals surface area contributed by atoms with E-state index >= 15 is 0 Å². The third kappa shape index (κ3) is 3.76. The fraction of sp³-hybridized carbons (Fsp3) is 0.600. The number of likely N-dealkylation sites (N-methyl/N-ethyl adjacent to an activating group) is 1. The topological polar surface area (TPSA) is 78.9 Å². The van der Waals surface area contributed by atoms with Crippen molar-refractivity contribution in [1.82, 2.24) is 10.2 Å². The standard InChI is InChI=1S/C20H28N2O4/c1-14-5-7-15(8-6-14)17-18(26-11-16(24)22(17)2)19(25)21-12-20(13-23)9-3-4-10-20/h5-8,17-18,23H,3-4,9-13H2,1-2H3,(H,21,25). The Morgan fingerprint density at radius 3 is 2.58 bits per heavy atom. The molecule has 1 aliphatic carbocycles. The summed E-state index contributed by atoms with van der Waals surface area (Å²) in [5.74, 6) is -0.364. The summed E-state index contributed by atoms with van der Waals surface area (Å²) in [5.41, 5.74) is 1.78. The van der Waals surface area contributed by atoms with Crippen molar-refractivity contribution in [3.05, 3.63) is 35.4 Å². The van der Waals surface area contributed by atoms with Crippen LogP contribution in [0.25, 0.3) is 0 Å². The Bertz CT molecular complexity index is 652. The first kappa shape index (κ1) is 18.9. The Labute approximate surface area is 154 Å². The number of rotatable bonds is 5. The molecule has 2 amide bonds. The van der Waals surface area contributed by atoms with Crippen molar-refractivity contribution < 1.29 is 19.4 Å². The number of nitrogens with one attached hydrogen (secondary N) is 1. The van der Waals surface area contributed by atoms with Crippen molar-refractivity contribution in [2.45, 2.75) is 44.8 Å². The van der Waals surface area contributed by atoms with E-state index in [9.17, 15) is 14.7 Å². The van der Waals surface area contributed by atoms with Crippen molar-refractivity contribution >= 4 is 11.8 Å². The molecule has 0 spiro atoms. The molecule has 0 radical (unpaired) electrons. The van der Waals surface area contributed by atoms with Crippen molar-refractivity contribution in [3.63, 3.8) is 0 Å². The molecule has 1 saturated carbocycles. The highest BCUT2D eigenvalue weighted by molar-refractivity contribution is 5.86. The van der Waals surface area contributed by atoms with Gasteiger partial charge in [0.15, 0.2) is 6.10 Å². The van der Waals surface area contributed by atoms with Gasteiger partial charge in [-0.1, -0.05) is 42.7 Å². The Balaban J connectivity index is 1.75. The number of amides is 2. The van der Waals surface area contributed by atoms with E-state index in [2.05, 4.69) is 5.32 Å². The van der Waals surface area contributed by atoms with Crippen LogP contribution in [0.4, 0.5) is 0 Å². The lowest BCUT2D eigenvalue weighted by molar-refractivity contribution is -0.162. The molecule has 2 aliphatic rings. The third-order valence-corrected chi connectivity index (χ3v) is 5.80. The zero-order valence-corrected chi connectivity index (χ0v) is 15.5. The van der Waals surface area contributed by atoms with Crippen LogP contribution in [-0.2, 0) is 14.3 Å². The van der Waals surface area contributed by atoms with E-state index in [1.807, 2.05) is 31.2 Å². The number of hydrogen-bond acceptors (Lipinski definition) is 4. The fourth-order valence-corrected chi connectivity index (χ4v) is 3.98. The molecule has 0 bridgehead atoms. The second kappa shape index (κ2) is 7.76. The largest absolute Gasteiger partial charge is 0.396 e. The molecule has 6 heteroatoms. The first-order valence-electron chi connectivity index (χ1n) is 9.28. The van der Waals surface area contributed by atoms with Gasteiger partial charge in [-0.05, 0) is 25.3 Å². The van der Waals surface area contributed by atoms with Crippen molar-refractivity contribution in [1.29, 1.82) is 0 Å². The fourth-order valence-electron chi connectivity index (χ4n) is 3.98. The van der Waals surface area contributed by atoms with Gasteiger partial charge in [-0.15, -0.1) is 0 Å². The smallest absolute Gasteiger partial charge is 0.251 e. The quantitative estimate of drug-likeness (QED) is 0.835. The highest BCUT2D eigenvalue weighted by Gasteiger charge is 2.41. The molecule has 1 aromatic carbocycles. The molecule has 2 fully saturated rings. The molecule has 1 heterocycles. The van der Waals surface area contributed by atoms with Crippen LogP contribution in [0, 0.1) is 12.3 Å². The van der Waals surface area contributed by atoms with Gasteiger partial charge in [0, 0.05) is 19.0 Å². The van der Waals surface area contributed by atoms with Crippen molar-refractivity contribution in [2.75, 3.05) is 26.8 Å². The van der Waals surface area contributed by atoms with Gasteiger partial charge >= 0.3 is 0 Å². The van der Waals surface area contributed by atoms with Gasteiger partial charge in [0.2, 0.25) is 5.91 Å². The minimum Gasteiger partial charge on any atom is -0.396 e. The summed E-state index contributed by atoms with van der Waals surface area (Å²) in [7, 11) is 1.71. The molecule has 142 valence electrons. The van der Waals surface area contributed by atoms with Gasteiger partial charge in [0.05, 0.1) is 12.6 Å². The van der Waals surface area contributed by atoms with Crippen molar-refractivity contribution in [2.24, 2.45) is 5.41 Å². The van der Waals surface area contributed by atoms with Crippen LogP contribution in [0.2, 0.25) is 0 Å². The maximum atomic E-state index is 12.9. The van der Waals surface area contributed by atoms with Gasteiger partial charge in [0.25, 0.3) is 5.91 Å². The molecule has 1 saturated heterocycles. The van der Waals surface area contributed by atoms with E-state index < -0.39 is 12.1 Å². The summed E-state index contributed by atoms with van der Waals surface area (Å²) in [5, 5.41) is 12.7. The molecule has 1 aromatic rings. The number of benzene rings is 1. The van der Waals surface area contributed by atoms with Crippen LogP contribution in [0.1, 0.15) is 42.9 Å². The van der Waals surface area contributed by atoms with Crippen LogP contribution >= 0.6 is 0 Å². The molecular formula is C20H28N2O4. The van der Waals surface area contributed by atoms with E-state index in [0.29, 0.717) is 6.54 Å². The van der Waals surface area contributed by atoms with E-state index in [-0.39, 0.29) is 30.4 Å². The van der Waals surface area contributed by atoms with E-state index in [4.69, 9.17) is 4.74 Å². The molecule has 3 rings (SSSR count).